The minimum Gasteiger partial charge on any atom is -0.479 e. The van der Waals surface area contributed by atoms with E-state index in [0.29, 0.717) is 36.4 Å². The average molecular weight is 472 g/mol. The summed E-state index contributed by atoms with van der Waals surface area (Å²) >= 11 is 0. The number of carbonyl (C=O) groups is 2. The van der Waals surface area contributed by atoms with E-state index in [-0.39, 0.29) is 23.3 Å². The van der Waals surface area contributed by atoms with Crippen LogP contribution in [0.5, 0.6) is 5.75 Å². The molecule has 4 rings (SSSR count). The van der Waals surface area contributed by atoms with Crippen molar-refractivity contribution >= 4 is 33.2 Å². The maximum absolute atomic E-state index is 13.5. The second-order valence-electron chi connectivity index (χ2n) is 8.87. The number of benzene rings is 2. The Kier molecular flexibility index (Phi) is 6.20. The third kappa shape index (κ3) is 4.60. The molecule has 0 aromatic heterocycles. The van der Waals surface area contributed by atoms with Crippen LogP contribution >= 0.6 is 0 Å². The second-order valence-corrected chi connectivity index (χ2v) is 10.8. The molecule has 1 saturated heterocycles. The van der Waals surface area contributed by atoms with E-state index in [2.05, 4.69) is 10.6 Å². The maximum atomic E-state index is 13.5. The normalized spacial score (nSPS) is 21.0. The lowest BCUT2D eigenvalue weighted by Gasteiger charge is -2.32. The highest BCUT2D eigenvalue weighted by molar-refractivity contribution is 7.89. The third-order valence-corrected chi connectivity index (χ3v) is 8.24. The van der Waals surface area contributed by atoms with Crippen molar-refractivity contribution in [2.75, 3.05) is 23.7 Å². The van der Waals surface area contributed by atoms with E-state index in [1.807, 2.05) is 32.0 Å². The number of ether oxygens (including phenoxy) is 1. The molecule has 0 unspecified atom stereocenters. The Balaban J connectivity index is 1.55. The van der Waals surface area contributed by atoms with Gasteiger partial charge in [0.25, 0.3) is 5.91 Å². The standard InChI is InChI=1S/C24H29N3O5S/c1-14-7-8-15(2)19(10-14)25-24(29)18-6-5-9-27(13-18)33(30,31)22-12-21-20(11-16(22)3)26-23(28)17(4)32-21/h7-8,10-12,17-18H,5-6,9,13H2,1-4H3,(H,25,29)(H,26,28)/t17-,18-/m1/s1. The molecule has 0 radical (unpaired) electrons. The van der Waals surface area contributed by atoms with Gasteiger partial charge in [0, 0.05) is 24.8 Å². The number of carbonyl (C=O) groups excluding carboxylic acids is 2. The SMILES string of the molecule is Cc1ccc(C)c(NC(=O)[C@@H]2CCCN(S(=O)(=O)c3cc4c(cc3C)NC(=O)[C@@H](C)O4)C2)c1. The van der Waals surface area contributed by atoms with Crippen LogP contribution in [0.3, 0.4) is 0 Å². The van der Waals surface area contributed by atoms with E-state index in [1.165, 1.54) is 10.4 Å². The van der Waals surface area contributed by atoms with Crippen LogP contribution in [0.2, 0.25) is 0 Å². The smallest absolute Gasteiger partial charge is 0.265 e. The summed E-state index contributed by atoms with van der Waals surface area (Å²) in [4.78, 5) is 25.0. The predicted molar refractivity (Wildman–Crippen MR) is 126 cm³/mol. The number of sulfonamides is 1. The molecule has 176 valence electrons. The summed E-state index contributed by atoms with van der Waals surface area (Å²) in [5.74, 6) is -0.564. The summed E-state index contributed by atoms with van der Waals surface area (Å²) in [5, 5.41) is 5.71. The summed E-state index contributed by atoms with van der Waals surface area (Å²) in [5.41, 5.74) is 3.71. The molecule has 2 aromatic rings. The van der Waals surface area contributed by atoms with Gasteiger partial charge in [0.2, 0.25) is 15.9 Å². The van der Waals surface area contributed by atoms with E-state index in [1.54, 1.807) is 19.9 Å². The molecule has 0 bridgehead atoms. The molecule has 9 heteroatoms. The van der Waals surface area contributed by atoms with Crippen LogP contribution in [-0.4, -0.2) is 43.7 Å². The number of amides is 2. The Labute approximate surface area is 194 Å². The van der Waals surface area contributed by atoms with E-state index in [0.717, 1.165) is 16.8 Å². The molecule has 2 amide bonds. The number of nitrogens with one attached hydrogen (secondary N) is 2. The van der Waals surface area contributed by atoms with Crippen molar-refractivity contribution in [3.8, 4) is 5.75 Å². The number of piperidine rings is 1. The minimum atomic E-state index is -3.85. The number of rotatable bonds is 4. The van der Waals surface area contributed by atoms with Gasteiger partial charge in [0.15, 0.2) is 6.10 Å². The lowest BCUT2D eigenvalue weighted by atomic mass is 9.98. The van der Waals surface area contributed by atoms with Crippen LogP contribution < -0.4 is 15.4 Å². The van der Waals surface area contributed by atoms with E-state index >= 15 is 0 Å². The Morgan fingerprint density at radius 2 is 1.91 bits per heavy atom. The number of fused-ring (bicyclic) bond motifs is 1. The van der Waals surface area contributed by atoms with Crippen LogP contribution in [-0.2, 0) is 19.6 Å². The predicted octanol–water partition coefficient (Wildman–Crippen LogP) is 3.37. The lowest BCUT2D eigenvalue weighted by Crippen LogP contribution is -2.44. The highest BCUT2D eigenvalue weighted by Gasteiger charge is 2.35. The topological polar surface area (TPSA) is 105 Å². The largest absolute Gasteiger partial charge is 0.479 e. The summed E-state index contributed by atoms with van der Waals surface area (Å²) in [6, 6.07) is 8.93. The van der Waals surface area contributed by atoms with Gasteiger partial charge in [-0.1, -0.05) is 12.1 Å². The average Bonchev–Trinajstić information content (AvgIpc) is 2.77. The number of hydrogen-bond donors (Lipinski definition) is 2. The quantitative estimate of drug-likeness (QED) is 0.711. The van der Waals surface area contributed by atoms with Crippen molar-refractivity contribution in [1.29, 1.82) is 0 Å². The zero-order valence-electron chi connectivity index (χ0n) is 19.3. The fourth-order valence-electron chi connectivity index (χ4n) is 4.24. The van der Waals surface area contributed by atoms with Gasteiger partial charge in [0.05, 0.1) is 16.5 Å². The number of anilines is 2. The first-order valence-corrected chi connectivity index (χ1v) is 12.5. The van der Waals surface area contributed by atoms with Gasteiger partial charge in [-0.2, -0.15) is 4.31 Å². The lowest BCUT2D eigenvalue weighted by molar-refractivity contribution is -0.123. The van der Waals surface area contributed by atoms with Gasteiger partial charge < -0.3 is 15.4 Å². The Morgan fingerprint density at radius 3 is 2.67 bits per heavy atom. The van der Waals surface area contributed by atoms with Crippen molar-refractivity contribution in [3.63, 3.8) is 0 Å². The Hall–Kier alpha value is -2.91. The number of nitrogens with zero attached hydrogens (tertiary/aromatic N) is 1. The van der Waals surface area contributed by atoms with Gasteiger partial charge in [-0.05, 0) is 69.4 Å². The fourth-order valence-corrected chi connectivity index (χ4v) is 5.99. The zero-order valence-corrected chi connectivity index (χ0v) is 20.1. The molecular weight excluding hydrogens is 442 g/mol. The Bertz CT molecular complexity index is 1220. The van der Waals surface area contributed by atoms with Crippen LogP contribution in [0.15, 0.2) is 35.2 Å². The molecule has 0 aliphatic carbocycles. The van der Waals surface area contributed by atoms with E-state index in [4.69, 9.17) is 4.74 Å². The van der Waals surface area contributed by atoms with Gasteiger partial charge in [0.1, 0.15) is 5.75 Å². The van der Waals surface area contributed by atoms with E-state index < -0.39 is 22.0 Å². The summed E-state index contributed by atoms with van der Waals surface area (Å²) in [6.07, 6.45) is 0.514. The van der Waals surface area contributed by atoms with Crippen molar-refractivity contribution in [1.82, 2.24) is 4.31 Å². The molecule has 2 aliphatic heterocycles. The molecule has 1 fully saturated rings. The van der Waals surface area contributed by atoms with Crippen LogP contribution in [0.4, 0.5) is 11.4 Å². The van der Waals surface area contributed by atoms with E-state index in [9.17, 15) is 18.0 Å². The molecule has 0 spiro atoms. The summed E-state index contributed by atoms with van der Waals surface area (Å²) in [6.45, 7) is 7.64. The van der Waals surface area contributed by atoms with Crippen molar-refractivity contribution in [2.24, 2.45) is 5.92 Å². The molecule has 2 aliphatic rings. The second kappa shape index (κ2) is 8.79. The summed E-state index contributed by atoms with van der Waals surface area (Å²) in [7, 11) is -3.85. The van der Waals surface area contributed by atoms with Crippen LogP contribution in [0.1, 0.15) is 36.5 Å². The van der Waals surface area contributed by atoms with Gasteiger partial charge in [-0.25, -0.2) is 8.42 Å². The minimum absolute atomic E-state index is 0.115. The molecule has 2 aromatic carbocycles. The fraction of sp³-hybridized carbons (Fsp3) is 0.417. The third-order valence-electron chi connectivity index (χ3n) is 6.23. The monoisotopic (exact) mass is 471 g/mol. The number of hydrogen-bond acceptors (Lipinski definition) is 5. The van der Waals surface area contributed by atoms with Crippen molar-refractivity contribution in [2.45, 2.75) is 51.5 Å². The number of aryl methyl sites for hydroxylation is 3. The Morgan fingerprint density at radius 1 is 1.15 bits per heavy atom. The van der Waals surface area contributed by atoms with Crippen molar-refractivity contribution in [3.05, 3.63) is 47.0 Å². The van der Waals surface area contributed by atoms with Gasteiger partial charge >= 0.3 is 0 Å². The highest BCUT2D eigenvalue weighted by atomic mass is 32.2. The first kappa shape index (κ1) is 23.3. The molecular formula is C24H29N3O5S. The first-order chi connectivity index (χ1) is 15.6. The molecule has 2 heterocycles. The van der Waals surface area contributed by atoms with Crippen molar-refractivity contribution < 1.29 is 22.7 Å². The van der Waals surface area contributed by atoms with Gasteiger partial charge in [-0.3, -0.25) is 9.59 Å². The first-order valence-electron chi connectivity index (χ1n) is 11.1. The zero-order chi connectivity index (χ0) is 23.9. The maximum Gasteiger partial charge on any atom is 0.265 e. The summed E-state index contributed by atoms with van der Waals surface area (Å²) < 4.78 is 34.0. The van der Waals surface area contributed by atoms with Crippen LogP contribution in [0, 0.1) is 26.7 Å². The highest BCUT2D eigenvalue weighted by Crippen LogP contribution is 2.36. The molecule has 0 saturated carbocycles. The van der Waals surface area contributed by atoms with Crippen LogP contribution in [0.25, 0.3) is 0 Å². The molecule has 8 nitrogen and oxygen atoms in total. The molecule has 2 atom stereocenters. The molecule has 2 N–H and O–H groups in total. The molecule has 33 heavy (non-hydrogen) atoms. The van der Waals surface area contributed by atoms with Gasteiger partial charge in [-0.15, -0.1) is 0 Å².